The lowest BCUT2D eigenvalue weighted by atomic mass is 9.96. The number of fused-ring (bicyclic) bond motifs is 1. The Kier molecular flexibility index (Phi) is 4.71. The third kappa shape index (κ3) is 3.22. The van der Waals surface area contributed by atoms with Crippen LogP contribution in [0.2, 0.25) is 0 Å². The number of para-hydroxylation sites is 1. The number of rotatable bonds is 4. The first-order valence-corrected chi connectivity index (χ1v) is 9.14. The Bertz CT molecular complexity index is 897. The van der Waals surface area contributed by atoms with Gasteiger partial charge in [0.25, 0.3) is 5.91 Å². The van der Waals surface area contributed by atoms with E-state index >= 15 is 0 Å². The van der Waals surface area contributed by atoms with Crippen LogP contribution in [0.25, 0.3) is 22.4 Å². The quantitative estimate of drug-likeness (QED) is 0.782. The number of carbonyl (C=O) groups excluding carboxylic acids is 1. The molecule has 1 aromatic carbocycles. The van der Waals surface area contributed by atoms with Gasteiger partial charge in [-0.2, -0.15) is 0 Å². The van der Waals surface area contributed by atoms with Crippen LogP contribution in [0.15, 0.2) is 53.1 Å². The fraction of sp³-hybridized carbons (Fsp3) is 0.333. The van der Waals surface area contributed by atoms with Crippen LogP contribution in [0.1, 0.15) is 23.2 Å². The van der Waals surface area contributed by atoms with E-state index in [-0.39, 0.29) is 5.91 Å². The summed E-state index contributed by atoms with van der Waals surface area (Å²) in [7, 11) is 1.98. The van der Waals surface area contributed by atoms with Gasteiger partial charge in [0, 0.05) is 18.5 Å². The summed E-state index contributed by atoms with van der Waals surface area (Å²) >= 11 is 0. The van der Waals surface area contributed by atoms with Gasteiger partial charge in [-0.1, -0.05) is 18.2 Å². The fourth-order valence-electron chi connectivity index (χ4n) is 3.70. The van der Waals surface area contributed by atoms with Crippen molar-refractivity contribution in [2.24, 2.45) is 5.92 Å². The van der Waals surface area contributed by atoms with Gasteiger partial charge in [-0.15, -0.1) is 0 Å². The van der Waals surface area contributed by atoms with Crippen LogP contribution < -0.4 is 5.32 Å². The molecule has 0 saturated carbocycles. The monoisotopic (exact) mass is 349 g/mol. The molecule has 0 unspecified atom stereocenters. The van der Waals surface area contributed by atoms with Gasteiger partial charge >= 0.3 is 0 Å². The third-order valence-electron chi connectivity index (χ3n) is 5.11. The topological polar surface area (TPSA) is 58.4 Å². The summed E-state index contributed by atoms with van der Waals surface area (Å²) in [6.07, 6.45) is 3.71. The van der Waals surface area contributed by atoms with E-state index in [1.54, 1.807) is 6.26 Å². The zero-order valence-corrected chi connectivity index (χ0v) is 14.9. The summed E-state index contributed by atoms with van der Waals surface area (Å²) in [6, 6.07) is 13.4. The lowest BCUT2D eigenvalue weighted by molar-refractivity contribution is 0.0693. The van der Waals surface area contributed by atoms with Crippen LogP contribution in [0.5, 0.6) is 0 Å². The second-order valence-corrected chi connectivity index (χ2v) is 6.84. The van der Waals surface area contributed by atoms with Crippen molar-refractivity contribution in [3.05, 3.63) is 54.3 Å². The van der Waals surface area contributed by atoms with Crippen molar-refractivity contribution in [2.75, 3.05) is 26.7 Å². The highest BCUT2D eigenvalue weighted by molar-refractivity contribution is 6.07. The highest BCUT2D eigenvalue weighted by Gasteiger charge is 2.25. The Morgan fingerprint density at radius 3 is 2.77 bits per heavy atom. The second-order valence-electron chi connectivity index (χ2n) is 6.84. The van der Waals surface area contributed by atoms with E-state index in [4.69, 9.17) is 4.42 Å². The van der Waals surface area contributed by atoms with Crippen molar-refractivity contribution in [3.63, 3.8) is 0 Å². The molecule has 134 valence electrons. The first-order valence-electron chi connectivity index (χ1n) is 9.14. The zero-order valence-electron chi connectivity index (χ0n) is 14.9. The average molecular weight is 349 g/mol. The Morgan fingerprint density at radius 1 is 1.23 bits per heavy atom. The van der Waals surface area contributed by atoms with Gasteiger partial charge in [0.1, 0.15) is 5.69 Å². The van der Waals surface area contributed by atoms with Crippen molar-refractivity contribution in [2.45, 2.75) is 12.8 Å². The minimum Gasteiger partial charge on any atom is -0.463 e. The number of nitrogens with zero attached hydrogens (tertiary/aromatic N) is 2. The summed E-state index contributed by atoms with van der Waals surface area (Å²) in [6.45, 7) is 2.62. The Balaban J connectivity index is 1.68. The van der Waals surface area contributed by atoms with Crippen molar-refractivity contribution >= 4 is 16.8 Å². The number of benzene rings is 1. The van der Waals surface area contributed by atoms with Crippen molar-refractivity contribution in [1.82, 2.24) is 15.2 Å². The van der Waals surface area contributed by atoms with Crippen LogP contribution in [0.4, 0.5) is 0 Å². The number of pyridine rings is 1. The molecule has 2 aromatic heterocycles. The van der Waals surface area contributed by atoms with Gasteiger partial charge in [0.15, 0.2) is 5.76 Å². The molecule has 1 aliphatic rings. The maximum absolute atomic E-state index is 13.3. The second kappa shape index (κ2) is 7.30. The molecule has 3 aromatic rings. The first kappa shape index (κ1) is 16.8. The van der Waals surface area contributed by atoms with E-state index in [0.29, 0.717) is 22.9 Å². The van der Waals surface area contributed by atoms with Crippen LogP contribution in [0, 0.1) is 5.92 Å². The number of carbonyl (C=O) groups is 1. The smallest absolute Gasteiger partial charge is 0.254 e. The Labute approximate surface area is 153 Å². The number of hydrogen-bond donors (Lipinski definition) is 1. The van der Waals surface area contributed by atoms with Gasteiger partial charge in [-0.3, -0.25) is 4.79 Å². The fourth-order valence-corrected chi connectivity index (χ4v) is 3.70. The van der Waals surface area contributed by atoms with Crippen molar-refractivity contribution < 1.29 is 9.21 Å². The molecule has 0 aliphatic carbocycles. The molecule has 1 aliphatic heterocycles. The molecule has 4 rings (SSSR count). The van der Waals surface area contributed by atoms with Gasteiger partial charge in [-0.25, -0.2) is 4.98 Å². The van der Waals surface area contributed by atoms with Gasteiger partial charge in [0.05, 0.1) is 17.3 Å². The lowest BCUT2D eigenvalue weighted by Gasteiger charge is -2.32. The number of amides is 1. The van der Waals surface area contributed by atoms with Crippen LogP contribution >= 0.6 is 0 Å². The van der Waals surface area contributed by atoms with E-state index in [1.165, 1.54) is 0 Å². The molecule has 1 saturated heterocycles. The number of likely N-dealkylation sites (tertiary alicyclic amines) is 1. The molecule has 26 heavy (non-hydrogen) atoms. The van der Waals surface area contributed by atoms with Crippen LogP contribution in [-0.4, -0.2) is 42.5 Å². The standard InChI is InChI=1S/C21H23N3O2/c1-22-14-15-8-10-24(11-9-15)21(25)17-13-19(20-7-4-12-26-20)23-18-6-3-2-5-16(17)18/h2-7,12-13,15,22H,8-11,14H2,1H3. The summed E-state index contributed by atoms with van der Waals surface area (Å²) in [5.41, 5.74) is 2.21. The molecule has 1 N–H and O–H groups in total. The third-order valence-corrected chi connectivity index (χ3v) is 5.11. The molecular weight excluding hydrogens is 326 g/mol. The zero-order chi connectivity index (χ0) is 17.9. The molecule has 1 amide bonds. The van der Waals surface area contributed by atoms with Crippen LogP contribution in [0.3, 0.4) is 0 Å². The summed E-state index contributed by atoms with van der Waals surface area (Å²) in [5, 5.41) is 4.13. The average Bonchev–Trinajstić information content (AvgIpc) is 3.22. The van der Waals surface area contributed by atoms with Crippen LogP contribution in [-0.2, 0) is 0 Å². The molecular formula is C21H23N3O2. The Hall–Kier alpha value is -2.66. The summed E-state index contributed by atoms with van der Waals surface area (Å²) < 4.78 is 5.50. The number of piperidine rings is 1. The van der Waals surface area contributed by atoms with Crippen molar-refractivity contribution in [1.29, 1.82) is 0 Å². The maximum Gasteiger partial charge on any atom is 0.254 e. The highest BCUT2D eigenvalue weighted by atomic mass is 16.3. The number of aromatic nitrogens is 1. The van der Waals surface area contributed by atoms with E-state index in [2.05, 4.69) is 10.3 Å². The van der Waals surface area contributed by atoms with E-state index in [1.807, 2.05) is 54.4 Å². The van der Waals surface area contributed by atoms with Crippen molar-refractivity contribution in [3.8, 4) is 11.5 Å². The largest absolute Gasteiger partial charge is 0.463 e. The predicted octanol–water partition coefficient (Wildman–Crippen LogP) is 3.57. The molecule has 5 heteroatoms. The lowest BCUT2D eigenvalue weighted by Crippen LogP contribution is -2.40. The summed E-state index contributed by atoms with van der Waals surface area (Å²) in [5.74, 6) is 1.41. The van der Waals surface area contributed by atoms with E-state index in [9.17, 15) is 4.79 Å². The molecule has 1 fully saturated rings. The van der Waals surface area contributed by atoms with Gasteiger partial charge in [0.2, 0.25) is 0 Å². The Morgan fingerprint density at radius 2 is 2.04 bits per heavy atom. The molecule has 5 nitrogen and oxygen atoms in total. The first-order chi connectivity index (χ1) is 12.8. The highest BCUT2D eigenvalue weighted by Crippen LogP contribution is 2.27. The predicted molar refractivity (Wildman–Crippen MR) is 102 cm³/mol. The number of furan rings is 1. The van der Waals surface area contributed by atoms with E-state index < -0.39 is 0 Å². The maximum atomic E-state index is 13.3. The van der Waals surface area contributed by atoms with Gasteiger partial charge in [-0.05, 0) is 56.6 Å². The normalized spacial score (nSPS) is 15.5. The minimum absolute atomic E-state index is 0.0827. The van der Waals surface area contributed by atoms with Gasteiger partial charge < -0.3 is 14.6 Å². The molecule has 0 spiro atoms. The van der Waals surface area contributed by atoms with E-state index in [0.717, 1.165) is 43.4 Å². The SMILES string of the molecule is CNCC1CCN(C(=O)c2cc(-c3ccco3)nc3ccccc23)CC1. The summed E-state index contributed by atoms with van der Waals surface area (Å²) in [4.78, 5) is 19.9. The number of hydrogen-bond acceptors (Lipinski definition) is 4. The number of nitrogens with one attached hydrogen (secondary N) is 1. The minimum atomic E-state index is 0.0827. The molecule has 3 heterocycles. The molecule has 0 bridgehead atoms. The molecule has 0 atom stereocenters. The molecule has 0 radical (unpaired) electrons.